The summed E-state index contributed by atoms with van der Waals surface area (Å²) in [4.78, 5) is 40.7. The number of rotatable bonds is 5. The third kappa shape index (κ3) is 4.11. The number of amides is 2. The first kappa shape index (κ1) is 18.1. The fourth-order valence-electron chi connectivity index (χ4n) is 2.94. The van der Waals surface area contributed by atoms with Crippen molar-refractivity contribution < 1.29 is 14.4 Å². The summed E-state index contributed by atoms with van der Waals surface area (Å²) in [5.74, 6) is -0.0477. The van der Waals surface area contributed by atoms with Gasteiger partial charge in [0, 0.05) is 37.4 Å². The van der Waals surface area contributed by atoms with Gasteiger partial charge in [-0.2, -0.15) is 0 Å². The Morgan fingerprint density at radius 2 is 1.69 bits per heavy atom. The van der Waals surface area contributed by atoms with Gasteiger partial charge in [-0.15, -0.1) is 11.3 Å². The number of benzene rings is 1. The molecule has 0 bridgehead atoms. The summed E-state index contributed by atoms with van der Waals surface area (Å²) >= 11 is 1.43. The molecule has 2 heterocycles. The van der Waals surface area contributed by atoms with Gasteiger partial charge in [0.15, 0.2) is 5.78 Å². The molecule has 7 heteroatoms. The van der Waals surface area contributed by atoms with Crippen molar-refractivity contribution in [1.82, 2.24) is 9.80 Å². The lowest BCUT2D eigenvalue weighted by atomic mass is 10.1. The standard InChI is InChI=1S/C19H21N3O3S/c1-14(23)15-5-2-3-6-16(15)20-13-18(24)21-8-10-22(11-9-21)19(25)17-7-4-12-26-17/h2-7,12,20H,8-11,13H2,1H3. The Balaban J connectivity index is 1.51. The Morgan fingerprint density at radius 3 is 2.35 bits per heavy atom. The Hall–Kier alpha value is -2.67. The van der Waals surface area contributed by atoms with E-state index in [9.17, 15) is 14.4 Å². The zero-order valence-electron chi connectivity index (χ0n) is 14.6. The van der Waals surface area contributed by atoms with Gasteiger partial charge < -0.3 is 15.1 Å². The SMILES string of the molecule is CC(=O)c1ccccc1NCC(=O)N1CCN(C(=O)c2cccs2)CC1. The molecule has 2 aromatic rings. The maximum Gasteiger partial charge on any atom is 0.264 e. The molecule has 1 aromatic carbocycles. The summed E-state index contributed by atoms with van der Waals surface area (Å²) in [6, 6.07) is 10.8. The molecule has 0 radical (unpaired) electrons. The quantitative estimate of drug-likeness (QED) is 0.819. The summed E-state index contributed by atoms with van der Waals surface area (Å²) in [5.41, 5.74) is 1.24. The molecular weight excluding hydrogens is 350 g/mol. The second-order valence-corrected chi connectivity index (χ2v) is 7.05. The van der Waals surface area contributed by atoms with E-state index in [-0.39, 0.29) is 24.1 Å². The van der Waals surface area contributed by atoms with Crippen molar-refractivity contribution in [2.75, 3.05) is 38.0 Å². The zero-order chi connectivity index (χ0) is 18.5. The van der Waals surface area contributed by atoms with Crippen LogP contribution in [0.3, 0.4) is 0 Å². The predicted octanol–water partition coefficient (Wildman–Crippen LogP) is 2.35. The van der Waals surface area contributed by atoms with Crippen molar-refractivity contribution >= 4 is 34.6 Å². The van der Waals surface area contributed by atoms with Gasteiger partial charge >= 0.3 is 0 Å². The molecule has 0 unspecified atom stereocenters. The van der Waals surface area contributed by atoms with Crippen molar-refractivity contribution in [1.29, 1.82) is 0 Å². The molecule has 0 spiro atoms. The molecule has 1 N–H and O–H groups in total. The summed E-state index contributed by atoms with van der Waals surface area (Å²) in [7, 11) is 0. The molecule has 0 atom stereocenters. The second-order valence-electron chi connectivity index (χ2n) is 6.11. The monoisotopic (exact) mass is 371 g/mol. The number of Topliss-reactive ketones (excluding diaryl/α,β-unsaturated/α-hetero) is 1. The van der Waals surface area contributed by atoms with Crippen LogP contribution in [0, 0.1) is 0 Å². The summed E-state index contributed by atoms with van der Waals surface area (Å²) in [6.45, 7) is 3.74. The number of anilines is 1. The van der Waals surface area contributed by atoms with E-state index in [0.717, 1.165) is 4.88 Å². The van der Waals surface area contributed by atoms with Crippen LogP contribution in [0.15, 0.2) is 41.8 Å². The number of hydrogen-bond donors (Lipinski definition) is 1. The topological polar surface area (TPSA) is 69.7 Å². The average molecular weight is 371 g/mol. The normalized spacial score (nSPS) is 14.2. The largest absolute Gasteiger partial charge is 0.376 e. The van der Waals surface area contributed by atoms with Crippen molar-refractivity contribution in [3.05, 3.63) is 52.2 Å². The lowest BCUT2D eigenvalue weighted by Crippen LogP contribution is -2.51. The van der Waals surface area contributed by atoms with Crippen LogP contribution >= 0.6 is 11.3 Å². The number of piperazine rings is 1. The first-order valence-corrected chi connectivity index (χ1v) is 9.38. The van der Waals surface area contributed by atoms with Crippen LogP contribution in [-0.2, 0) is 4.79 Å². The Bertz CT molecular complexity index is 796. The van der Waals surface area contributed by atoms with Crippen LogP contribution in [0.4, 0.5) is 5.69 Å². The van der Waals surface area contributed by atoms with Crippen LogP contribution in [0.2, 0.25) is 0 Å². The van der Waals surface area contributed by atoms with E-state index in [1.54, 1.807) is 28.0 Å². The number of ketones is 1. The van der Waals surface area contributed by atoms with Gasteiger partial charge in [-0.1, -0.05) is 18.2 Å². The van der Waals surface area contributed by atoms with Gasteiger partial charge in [0.25, 0.3) is 5.91 Å². The predicted molar refractivity (Wildman–Crippen MR) is 102 cm³/mol. The van der Waals surface area contributed by atoms with E-state index in [1.807, 2.05) is 23.6 Å². The van der Waals surface area contributed by atoms with E-state index >= 15 is 0 Å². The van der Waals surface area contributed by atoms with Crippen LogP contribution < -0.4 is 5.32 Å². The average Bonchev–Trinajstić information content (AvgIpc) is 3.20. The van der Waals surface area contributed by atoms with Crippen molar-refractivity contribution in [3.63, 3.8) is 0 Å². The zero-order valence-corrected chi connectivity index (χ0v) is 15.4. The minimum Gasteiger partial charge on any atom is -0.376 e. The van der Waals surface area contributed by atoms with Gasteiger partial charge in [-0.05, 0) is 30.5 Å². The van der Waals surface area contributed by atoms with Gasteiger partial charge in [0.1, 0.15) is 0 Å². The molecule has 2 amide bonds. The molecule has 0 aliphatic carbocycles. The summed E-state index contributed by atoms with van der Waals surface area (Å²) in [6.07, 6.45) is 0. The van der Waals surface area contributed by atoms with Gasteiger partial charge in [0.2, 0.25) is 5.91 Å². The molecule has 3 rings (SSSR count). The molecule has 6 nitrogen and oxygen atoms in total. The molecule has 1 aliphatic rings. The van der Waals surface area contributed by atoms with Crippen molar-refractivity contribution in [2.45, 2.75) is 6.92 Å². The number of carbonyl (C=O) groups is 3. The molecule has 1 fully saturated rings. The van der Waals surface area contributed by atoms with E-state index < -0.39 is 0 Å². The smallest absolute Gasteiger partial charge is 0.264 e. The highest BCUT2D eigenvalue weighted by Gasteiger charge is 2.25. The first-order valence-electron chi connectivity index (χ1n) is 8.50. The van der Waals surface area contributed by atoms with Gasteiger partial charge in [-0.3, -0.25) is 14.4 Å². The number of nitrogens with one attached hydrogen (secondary N) is 1. The fraction of sp³-hybridized carbons (Fsp3) is 0.316. The van der Waals surface area contributed by atoms with E-state index in [4.69, 9.17) is 0 Å². The fourth-order valence-corrected chi connectivity index (χ4v) is 3.63. The molecule has 0 saturated carbocycles. The van der Waals surface area contributed by atoms with Gasteiger partial charge in [0.05, 0.1) is 11.4 Å². The minimum atomic E-state index is -0.0405. The highest BCUT2D eigenvalue weighted by Crippen LogP contribution is 2.16. The van der Waals surface area contributed by atoms with Crippen molar-refractivity contribution in [2.24, 2.45) is 0 Å². The summed E-state index contributed by atoms with van der Waals surface area (Å²) < 4.78 is 0. The van der Waals surface area contributed by atoms with Crippen LogP contribution in [-0.4, -0.2) is 60.1 Å². The van der Waals surface area contributed by atoms with Crippen molar-refractivity contribution in [3.8, 4) is 0 Å². The highest BCUT2D eigenvalue weighted by atomic mass is 32.1. The number of para-hydroxylation sites is 1. The van der Waals surface area contributed by atoms with E-state index in [2.05, 4.69) is 5.32 Å². The molecule has 136 valence electrons. The maximum absolute atomic E-state index is 12.4. The summed E-state index contributed by atoms with van der Waals surface area (Å²) in [5, 5.41) is 4.94. The molecule has 1 aliphatic heterocycles. The molecular formula is C19H21N3O3S. The Labute approximate surface area is 156 Å². The van der Waals surface area contributed by atoms with Crippen LogP contribution in [0.5, 0.6) is 0 Å². The first-order chi connectivity index (χ1) is 12.6. The molecule has 26 heavy (non-hydrogen) atoms. The minimum absolute atomic E-state index is 0.0283. The molecule has 1 saturated heterocycles. The number of hydrogen-bond acceptors (Lipinski definition) is 5. The third-order valence-electron chi connectivity index (χ3n) is 4.39. The Morgan fingerprint density at radius 1 is 1.00 bits per heavy atom. The Kier molecular flexibility index (Phi) is 5.68. The number of carbonyl (C=O) groups excluding carboxylic acids is 3. The second kappa shape index (κ2) is 8.14. The lowest BCUT2D eigenvalue weighted by molar-refractivity contribution is -0.130. The number of thiophene rings is 1. The van der Waals surface area contributed by atoms with Gasteiger partial charge in [-0.25, -0.2) is 0 Å². The highest BCUT2D eigenvalue weighted by molar-refractivity contribution is 7.12. The van der Waals surface area contributed by atoms with Crippen LogP contribution in [0.1, 0.15) is 27.0 Å². The third-order valence-corrected chi connectivity index (χ3v) is 5.25. The van der Waals surface area contributed by atoms with Crippen LogP contribution in [0.25, 0.3) is 0 Å². The maximum atomic E-state index is 12.4. The number of nitrogens with zero attached hydrogens (tertiary/aromatic N) is 2. The van der Waals surface area contributed by atoms with E-state index in [0.29, 0.717) is 37.4 Å². The lowest BCUT2D eigenvalue weighted by Gasteiger charge is -2.34. The molecule has 1 aromatic heterocycles. The van der Waals surface area contributed by atoms with E-state index in [1.165, 1.54) is 18.3 Å².